The van der Waals surface area contributed by atoms with Gasteiger partial charge in [-0.3, -0.25) is 5.10 Å². The maximum Gasteiger partial charge on any atom is 0.341 e. The van der Waals surface area contributed by atoms with Crippen LogP contribution in [0.5, 0.6) is 0 Å². The van der Waals surface area contributed by atoms with Crippen molar-refractivity contribution in [2.75, 3.05) is 5.32 Å². The summed E-state index contributed by atoms with van der Waals surface area (Å²) in [6.45, 7) is 3.54. The summed E-state index contributed by atoms with van der Waals surface area (Å²) in [6.07, 6.45) is 0. The molecule has 0 aliphatic rings. The lowest BCUT2D eigenvalue weighted by molar-refractivity contribution is 0.0697. The largest absolute Gasteiger partial charge is 0.477 e. The fourth-order valence-electron chi connectivity index (χ4n) is 1.69. The molecule has 18 heavy (non-hydrogen) atoms. The number of carboxylic acid groups (broad SMARTS) is 1. The van der Waals surface area contributed by atoms with E-state index in [4.69, 9.17) is 16.7 Å². The number of carbonyl (C=O) groups is 1. The van der Waals surface area contributed by atoms with E-state index in [9.17, 15) is 4.79 Å². The minimum absolute atomic E-state index is 0.120. The Labute approximate surface area is 109 Å². The van der Waals surface area contributed by atoms with Gasteiger partial charge in [0.25, 0.3) is 0 Å². The number of hydrogen-bond donors (Lipinski definition) is 3. The van der Waals surface area contributed by atoms with E-state index < -0.39 is 5.97 Å². The third-order valence-corrected chi connectivity index (χ3v) is 2.94. The van der Waals surface area contributed by atoms with Gasteiger partial charge in [-0.05, 0) is 25.5 Å². The third kappa shape index (κ3) is 2.17. The first-order valence-electron chi connectivity index (χ1n) is 5.31. The van der Waals surface area contributed by atoms with Gasteiger partial charge >= 0.3 is 5.97 Å². The number of nitrogens with one attached hydrogen (secondary N) is 2. The minimum atomic E-state index is -1.03. The van der Waals surface area contributed by atoms with Gasteiger partial charge in [0, 0.05) is 5.69 Å². The van der Waals surface area contributed by atoms with Gasteiger partial charge in [0.2, 0.25) is 0 Å². The summed E-state index contributed by atoms with van der Waals surface area (Å²) in [6, 6.07) is 5.45. The second-order valence-electron chi connectivity index (χ2n) is 3.93. The second-order valence-corrected chi connectivity index (χ2v) is 4.34. The molecule has 0 saturated heterocycles. The maximum atomic E-state index is 11.1. The number of halogens is 1. The minimum Gasteiger partial charge on any atom is -0.477 e. The monoisotopic (exact) mass is 265 g/mol. The summed E-state index contributed by atoms with van der Waals surface area (Å²) >= 11 is 6.07. The average molecular weight is 266 g/mol. The zero-order chi connectivity index (χ0) is 13.3. The Kier molecular flexibility index (Phi) is 3.25. The lowest BCUT2D eigenvalue weighted by atomic mass is 10.2. The predicted molar refractivity (Wildman–Crippen MR) is 69.8 cm³/mol. The summed E-state index contributed by atoms with van der Waals surface area (Å²) < 4.78 is 0. The molecule has 6 heteroatoms. The molecule has 94 valence electrons. The number of rotatable bonds is 3. The van der Waals surface area contributed by atoms with E-state index in [1.807, 2.05) is 19.1 Å². The van der Waals surface area contributed by atoms with Crippen molar-refractivity contribution in [2.45, 2.75) is 13.8 Å². The number of aryl methyl sites for hydroxylation is 2. The zero-order valence-electron chi connectivity index (χ0n) is 9.91. The molecule has 0 aliphatic carbocycles. The van der Waals surface area contributed by atoms with E-state index in [2.05, 4.69) is 15.5 Å². The highest BCUT2D eigenvalue weighted by Crippen LogP contribution is 2.29. The van der Waals surface area contributed by atoms with Crippen molar-refractivity contribution in [1.82, 2.24) is 10.2 Å². The molecule has 3 N–H and O–H groups in total. The summed E-state index contributed by atoms with van der Waals surface area (Å²) in [5.74, 6) is -0.773. The Bertz CT molecular complexity index is 587. The molecule has 1 aromatic carbocycles. The number of aromatic amines is 1. The van der Waals surface area contributed by atoms with Crippen LogP contribution in [-0.4, -0.2) is 21.3 Å². The highest BCUT2D eigenvalue weighted by molar-refractivity contribution is 6.33. The number of aromatic carboxylic acids is 1. The van der Waals surface area contributed by atoms with Crippen molar-refractivity contribution in [3.05, 3.63) is 40.0 Å². The summed E-state index contributed by atoms with van der Waals surface area (Å²) in [5.41, 5.74) is 2.19. The Hall–Kier alpha value is -2.01. The van der Waals surface area contributed by atoms with Crippen LogP contribution in [0.3, 0.4) is 0 Å². The second kappa shape index (κ2) is 4.70. The molecule has 5 nitrogen and oxygen atoms in total. The molecular weight excluding hydrogens is 254 g/mol. The van der Waals surface area contributed by atoms with E-state index >= 15 is 0 Å². The predicted octanol–water partition coefficient (Wildman–Crippen LogP) is 3.12. The molecule has 0 amide bonds. The molecule has 0 fully saturated rings. The molecule has 0 unspecified atom stereocenters. The molecule has 2 aromatic rings. The van der Waals surface area contributed by atoms with E-state index in [0.29, 0.717) is 16.4 Å². The van der Waals surface area contributed by atoms with Gasteiger partial charge in [0.05, 0.1) is 10.7 Å². The van der Waals surface area contributed by atoms with Crippen LogP contribution in [-0.2, 0) is 0 Å². The van der Waals surface area contributed by atoms with Gasteiger partial charge in [0.1, 0.15) is 5.56 Å². The van der Waals surface area contributed by atoms with Crippen LogP contribution in [0.2, 0.25) is 5.02 Å². The molecule has 1 aromatic heterocycles. The van der Waals surface area contributed by atoms with Crippen molar-refractivity contribution in [1.29, 1.82) is 0 Å². The van der Waals surface area contributed by atoms with Crippen LogP contribution in [0, 0.1) is 13.8 Å². The van der Waals surface area contributed by atoms with Crippen LogP contribution in [0.4, 0.5) is 11.5 Å². The van der Waals surface area contributed by atoms with Gasteiger partial charge < -0.3 is 10.4 Å². The fraction of sp³-hybridized carbons (Fsp3) is 0.167. The normalized spacial score (nSPS) is 10.4. The Balaban J connectivity index is 2.44. The van der Waals surface area contributed by atoms with Gasteiger partial charge in [-0.1, -0.05) is 23.7 Å². The quantitative estimate of drug-likeness (QED) is 0.797. The van der Waals surface area contributed by atoms with Gasteiger partial charge in [0.15, 0.2) is 5.82 Å². The summed E-state index contributed by atoms with van der Waals surface area (Å²) in [5, 5.41) is 19.2. The van der Waals surface area contributed by atoms with Crippen LogP contribution >= 0.6 is 11.6 Å². The van der Waals surface area contributed by atoms with Crippen LogP contribution in [0.1, 0.15) is 21.6 Å². The maximum absolute atomic E-state index is 11.1. The molecule has 0 atom stereocenters. The SMILES string of the molecule is Cc1cccc(Cl)c1Nc1n[nH]c(C)c1C(=O)O. The van der Waals surface area contributed by atoms with Gasteiger partial charge in [-0.2, -0.15) is 5.10 Å². The molecule has 0 spiro atoms. The first-order chi connectivity index (χ1) is 8.50. The van der Waals surface area contributed by atoms with Gasteiger partial charge in [-0.15, -0.1) is 0 Å². The molecule has 0 radical (unpaired) electrons. The molecule has 0 saturated carbocycles. The van der Waals surface area contributed by atoms with E-state index in [1.54, 1.807) is 13.0 Å². The standard InChI is InChI=1S/C12H12ClN3O2/c1-6-4-3-5-8(13)10(6)14-11-9(12(17)18)7(2)15-16-11/h3-5H,1-2H3,(H,17,18)(H2,14,15,16). The number of hydrogen-bond acceptors (Lipinski definition) is 3. The number of carboxylic acids is 1. The Morgan fingerprint density at radius 2 is 2.17 bits per heavy atom. The number of nitrogens with zero attached hydrogens (tertiary/aromatic N) is 1. The molecule has 1 heterocycles. The van der Waals surface area contributed by atoms with Crippen molar-refractivity contribution in [2.24, 2.45) is 0 Å². The van der Waals surface area contributed by atoms with Crippen LogP contribution in [0.25, 0.3) is 0 Å². The number of aromatic nitrogens is 2. The van der Waals surface area contributed by atoms with Crippen molar-refractivity contribution < 1.29 is 9.90 Å². The molecule has 0 bridgehead atoms. The first kappa shape index (κ1) is 12.4. The number of H-pyrrole nitrogens is 1. The lowest BCUT2D eigenvalue weighted by Gasteiger charge is -2.09. The fourth-order valence-corrected chi connectivity index (χ4v) is 1.96. The molecule has 2 rings (SSSR count). The van der Waals surface area contributed by atoms with Crippen LogP contribution < -0.4 is 5.32 Å². The summed E-state index contributed by atoms with van der Waals surface area (Å²) in [7, 11) is 0. The van der Waals surface area contributed by atoms with Crippen LogP contribution in [0.15, 0.2) is 18.2 Å². The highest BCUT2D eigenvalue weighted by atomic mass is 35.5. The lowest BCUT2D eigenvalue weighted by Crippen LogP contribution is -2.03. The average Bonchev–Trinajstić information content (AvgIpc) is 2.65. The number of para-hydroxylation sites is 1. The zero-order valence-corrected chi connectivity index (χ0v) is 10.7. The topological polar surface area (TPSA) is 78.0 Å². The molecular formula is C12H12ClN3O2. The highest BCUT2D eigenvalue weighted by Gasteiger charge is 2.18. The van der Waals surface area contributed by atoms with Crippen molar-refractivity contribution in [3.63, 3.8) is 0 Å². The van der Waals surface area contributed by atoms with E-state index in [1.165, 1.54) is 0 Å². The third-order valence-electron chi connectivity index (χ3n) is 2.63. The van der Waals surface area contributed by atoms with E-state index in [0.717, 1.165) is 5.56 Å². The Morgan fingerprint density at radius 1 is 1.44 bits per heavy atom. The summed E-state index contributed by atoms with van der Waals surface area (Å²) in [4.78, 5) is 11.1. The number of anilines is 2. The smallest absolute Gasteiger partial charge is 0.341 e. The molecule has 0 aliphatic heterocycles. The van der Waals surface area contributed by atoms with Crippen molar-refractivity contribution in [3.8, 4) is 0 Å². The number of benzene rings is 1. The van der Waals surface area contributed by atoms with Crippen molar-refractivity contribution >= 4 is 29.1 Å². The van der Waals surface area contributed by atoms with E-state index in [-0.39, 0.29) is 11.4 Å². The van der Waals surface area contributed by atoms with Gasteiger partial charge in [-0.25, -0.2) is 4.79 Å². The first-order valence-corrected chi connectivity index (χ1v) is 5.69. The Morgan fingerprint density at radius 3 is 2.78 bits per heavy atom.